The van der Waals surface area contributed by atoms with Crippen LogP contribution in [0.4, 0.5) is 0 Å². The van der Waals surface area contributed by atoms with Crippen molar-refractivity contribution in [3.8, 4) is 0 Å². The molecule has 1 aromatic heterocycles. The van der Waals surface area contributed by atoms with E-state index in [1.807, 2.05) is 49.4 Å². The maximum atomic E-state index is 12.7. The van der Waals surface area contributed by atoms with Gasteiger partial charge >= 0.3 is 0 Å². The Morgan fingerprint density at radius 2 is 2.00 bits per heavy atom. The number of carbonyl (C=O) groups excluding carboxylic acids is 2. The average Bonchev–Trinajstić information content (AvgIpc) is 3.09. The van der Waals surface area contributed by atoms with Gasteiger partial charge in [-0.3, -0.25) is 9.59 Å². The molecule has 0 aliphatic carbocycles. The van der Waals surface area contributed by atoms with E-state index in [1.54, 1.807) is 22.7 Å². The third-order valence-electron chi connectivity index (χ3n) is 3.86. The molecule has 2 aromatic rings. The van der Waals surface area contributed by atoms with Crippen LogP contribution in [-0.4, -0.2) is 39.4 Å². The number of aryl methyl sites for hydroxylation is 1. The van der Waals surface area contributed by atoms with E-state index in [0.29, 0.717) is 23.9 Å². The number of pyridine rings is 1. The third-order valence-corrected chi connectivity index (χ3v) is 4.88. The Kier molecular flexibility index (Phi) is 5.15. The zero-order chi connectivity index (χ0) is 16.9. The Morgan fingerprint density at radius 3 is 2.75 bits per heavy atom. The summed E-state index contributed by atoms with van der Waals surface area (Å²) in [7, 11) is 0. The molecule has 1 atom stereocenters. The van der Waals surface area contributed by atoms with E-state index in [-0.39, 0.29) is 11.8 Å². The summed E-state index contributed by atoms with van der Waals surface area (Å²) in [6, 6.07) is 14.6. The van der Waals surface area contributed by atoms with Crippen LogP contribution in [0.2, 0.25) is 0 Å². The smallest absolute Gasteiger partial charge is 0.273 e. The highest BCUT2D eigenvalue weighted by Crippen LogP contribution is 2.23. The van der Waals surface area contributed by atoms with Crippen molar-refractivity contribution in [2.75, 3.05) is 11.6 Å². The molecule has 2 amide bonds. The first-order chi connectivity index (χ1) is 11.6. The van der Waals surface area contributed by atoms with E-state index in [2.05, 4.69) is 10.3 Å². The van der Waals surface area contributed by atoms with Gasteiger partial charge in [-0.05, 0) is 24.6 Å². The normalized spacial score (nSPS) is 16.9. The third kappa shape index (κ3) is 3.76. The molecule has 5 nitrogen and oxygen atoms in total. The standard InChI is InChI=1S/C18H19N3O2S/c1-13-6-5-9-15(20-13)18(23)21-12-24-11-16(21)17(22)19-10-14-7-3-2-4-8-14/h2-9,16H,10-12H2,1H3,(H,19,22)/t16-/m0/s1. The molecule has 1 aromatic carbocycles. The summed E-state index contributed by atoms with van der Waals surface area (Å²) >= 11 is 1.58. The van der Waals surface area contributed by atoms with Crippen LogP contribution in [0.3, 0.4) is 0 Å². The largest absolute Gasteiger partial charge is 0.350 e. The van der Waals surface area contributed by atoms with Crippen molar-refractivity contribution in [3.05, 3.63) is 65.5 Å². The van der Waals surface area contributed by atoms with E-state index in [9.17, 15) is 9.59 Å². The number of benzene rings is 1. The zero-order valence-corrected chi connectivity index (χ0v) is 14.3. The molecule has 1 N–H and O–H groups in total. The van der Waals surface area contributed by atoms with Gasteiger partial charge in [-0.1, -0.05) is 36.4 Å². The summed E-state index contributed by atoms with van der Waals surface area (Å²) in [5.74, 6) is 0.809. The van der Waals surface area contributed by atoms with E-state index in [4.69, 9.17) is 0 Å². The number of amides is 2. The molecule has 1 aliphatic rings. The number of carbonyl (C=O) groups is 2. The van der Waals surface area contributed by atoms with E-state index in [1.165, 1.54) is 0 Å². The molecule has 3 rings (SSSR count). The van der Waals surface area contributed by atoms with Gasteiger partial charge in [0.2, 0.25) is 5.91 Å². The molecule has 24 heavy (non-hydrogen) atoms. The first-order valence-electron chi connectivity index (χ1n) is 7.79. The van der Waals surface area contributed by atoms with Gasteiger partial charge in [-0.2, -0.15) is 0 Å². The number of nitrogens with zero attached hydrogens (tertiary/aromatic N) is 2. The SMILES string of the molecule is Cc1cccc(C(=O)N2CSC[C@H]2C(=O)NCc2ccccc2)n1. The van der Waals surface area contributed by atoms with Crippen LogP contribution in [0.15, 0.2) is 48.5 Å². The summed E-state index contributed by atoms with van der Waals surface area (Å²) in [5, 5.41) is 2.92. The van der Waals surface area contributed by atoms with Gasteiger partial charge in [0.1, 0.15) is 11.7 Å². The molecule has 1 aliphatic heterocycles. The lowest BCUT2D eigenvalue weighted by molar-refractivity contribution is -0.124. The monoisotopic (exact) mass is 341 g/mol. The van der Waals surface area contributed by atoms with Crippen LogP contribution in [0.25, 0.3) is 0 Å². The van der Waals surface area contributed by atoms with Crippen LogP contribution >= 0.6 is 11.8 Å². The number of aromatic nitrogens is 1. The highest BCUT2D eigenvalue weighted by atomic mass is 32.2. The number of thioether (sulfide) groups is 1. The Bertz CT molecular complexity index is 736. The van der Waals surface area contributed by atoms with Gasteiger partial charge in [0.05, 0.1) is 5.88 Å². The lowest BCUT2D eigenvalue weighted by atomic mass is 10.2. The number of hydrogen-bond acceptors (Lipinski definition) is 4. The fraction of sp³-hybridized carbons (Fsp3) is 0.278. The minimum Gasteiger partial charge on any atom is -0.350 e. The maximum Gasteiger partial charge on any atom is 0.273 e. The van der Waals surface area contributed by atoms with Gasteiger partial charge in [-0.25, -0.2) is 4.98 Å². The van der Waals surface area contributed by atoms with Crippen LogP contribution in [0, 0.1) is 6.92 Å². The molecule has 0 radical (unpaired) electrons. The van der Waals surface area contributed by atoms with Gasteiger partial charge in [-0.15, -0.1) is 11.8 Å². The van der Waals surface area contributed by atoms with E-state index in [0.717, 1.165) is 11.3 Å². The van der Waals surface area contributed by atoms with Crippen molar-refractivity contribution in [1.82, 2.24) is 15.2 Å². The second-order valence-electron chi connectivity index (χ2n) is 5.66. The molecule has 0 spiro atoms. The minimum atomic E-state index is -0.450. The second-order valence-corrected chi connectivity index (χ2v) is 6.66. The van der Waals surface area contributed by atoms with Gasteiger partial charge in [0, 0.05) is 18.0 Å². The van der Waals surface area contributed by atoms with Crippen molar-refractivity contribution >= 4 is 23.6 Å². The Morgan fingerprint density at radius 1 is 1.21 bits per heavy atom. The van der Waals surface area contributed by atoms with Crippen LogP contribution in [-0.2, 0) is 11.3 Å². The van der Waals surface area contributed by atoms with Crippen molar-refractivity contribution in [2.45, 2.75) is 19.5 Å². The Balaban J connectivity index is 1.66. The van der Waals surface area contributed by atoms with Crippen molar-refractivity contribution in [1.29, 1.82) is 0 Å². The van der Waals surface area contributed by atoms with Crippen LogP contribution in [0.1, 0.15) is 21.7 Å². The molecule has 1 fully saturated rings. The highest BCUT2D eigenvalue weighted by molar-refractivity contribution is 7.99. The Hall–Kier alpha value is -2.34. The first-order valence-corrected chi connectivity index (χ1v) is 8.94. The maximum absolute atomic E-state index is 12.7. The van der Waals surface area contributed by atoms with Gasteiger partial charge < -0.3 is 10.2 Å². The van der Waals surface area contributed by atoms with E-state index >= 15 is 0 Å². The molecule has 0 saturated carbocycles. The Labute approximate surface area is 145 Å². The van der Waals surface area contributed by atoms with Crippen molar-refractivity contribution in [2.24, 2.45) is 0 Å². The lowest BCUT2D eigenvalue weighted by Crippen LogP contribution is -2.47. The molecule has 124 valence electrons. The molecular formula is C18H19N3O2S. The van der Waals surface area contributed by atoms with Crippen molar-refractivity contribution < 1.29 is 9.59 Å². The number of hydrogen-bond donors (Lipinski definition) is 1. The summed E-state index contributed by atoms with van der Waals surface area (Å²) in [5.41, 5.74) is 2.21. The lowest BCUT2D eigenvalue weighted by Gasteiger charge is -2.22. The summed E-state index contributed by atoms with van der Waals surface area (Å²) in [4.78, 5) is 31.0. The van der Waals surface area contributed by atoms with Gasteiger partial charge in [0.25, 0.3) is 5.91 Å². The molecule has 0 unspecified atom stereocenters. The molecule has 6 heteroatoms. The molecule has 2 heterocycles. The van der Waals surface area contributed by atoms with Crippen LogP contribution in [0.5, 0.6) is 0 Å². The molecule has 1 saturated heterocycles. The fourth-order valence-electron chi connectivity index (χ4n) is 2.57. The summed E-state index contributed by atoms with van der Waals surface area (Å²) < 4.78 is 0. The van der Waals surface area contributed by atoms with Gasteiger partial charge in [0.15, 0.2) is 0 Å². The minimum absolute atomic E-state index is 0.121. The quantitative estimate of drug-likeness (QED) is 0.926. The predicted molar refractivity (Wildman–Crippen MR) is 94.5 cm³/mol. The molecule has 0 bridgehead atoms. The second kappa shape index (κ2) is 7.49. The van der Waals surface area contributed by atoms with Crippen LogP contribution < -0.4 is 5.32 Å². The fourth-order valence-corrected chi connectivity index (χ4v) is 3.73. The highest BCUT2D eigenvalue weighted by Gasteiger charge is 2.35. The first kappa shape index (κ1) is 16.5. The summed E-state index contributed by atoms with van der Waals surface area (Å²) in [6.45, 7) is 2.31. The topological polar surface area (TPSA) is 62.3 Å². The van der Waals surface area contributed by atoms with Crippen molar-refractivity contribution in [3.63, 3.8) is 0 Å². The number of nitrogens with one attached hydrogen (secondary N) is 1. The predicted octanol–water partition coefficient (Wildman–Crippen LogP) is 2.22. The molecular weight excluding hydrogens is 322 g/mol. The summed E-state index contributed by atoms with van der Waals surface area (Å²) in [6.07, 6.45) is 0. The average molecular weight is 341 g/mol. The van der Waals surface area contributed by atoms with E-state index < -0.39 is 6.04 Å². The zero-order valence-electron chi connectivity index (χ0n) is 13.4. The number of rotatable bonds is 4.